The number of nitrogens with zero attached hydrogens (tertiary/aromatic N) is 2. The first-order valence-electron chi connectivity index (χ1n) is 5.88. The van der Waals surface area contributed by atoms with Crippen molar-refractivity contribution >= 4 is 0 Å². The summed E-state index contributed by atoms with van der Waals surface area (Å²) in [6, 6.07) is 6.60. The summed E-state index contributed by atoms with van der Waals surface area (Å²) in [5.41, 5.74) is 1.85. The van der Waals surface area contributed by atoms with Gasteiger partial charge in [-0.3, -0.25) is 4.98 Å². The van der Waals surface area contributed by atoms with E-state index in [4.69, 9.17) is 0 Å². The molecule has 0 unspecified atom stereocenters. The standard InChI is InChI=1S/C13H17N3/c1-2-11-3-6-16-12(9-11)13(10-14)4-7-15-8-5-13/h3,6,9,15H,2,4-5,7-8H2,1H3. The van der Waals surface area contributed by atoms with Crippen LogP contribution in [0.4, 0.5) is 0 Å². The Morgan fingerprint density at radius 2 is 2.25 bits per heavy atom. The molecule has 0 bridgehead atoms. The SMILES string of the molecule is CCc1ccnc(C2(C#N)CCNCC2)c1. The molecule has 3 nitrogen and oxygen atoms in total. The van der Waals surface area contributed by atoms with Crippen molar-refractivity contribution in [3.05, 3.63) is 29.6 Å². The number of hydrogen-bond acceptors (Lipinski definition) is 3. The van der Waals surface area contributed by atoms with Gasteiger partial charge in [-0.05, 0) is 50.0 Å². The third-order valence-corrected chi connectivity index (χ3v) is 3.39. The van der Waals surface area contributed by atoms with Crippen LogP contribution >= 0.6 is 0 Å². The van der Waals surface area contributed by atoms with Crippen LogP contribution < -0.4 is 5.32 Å². The van der Waals surface area contributed by atoms with Crippen LogP contribution in [0.1, 0.15) is 31.0 Å². The summed E-state index contributed by atoms with van der Waals surface area (Å²) in [5, 5.41) is 12.7. The van der Waals surface area contributed by atoms with E-state index >= 15 is 0 Å². The Morgan fingerprint density at radius 3 is 2.88 bits per heavy atom. The molecule has 0 amide bonds. The molecular weight excluding hydrogens is 198 g/mol. The van der Waals surface area contributed by atoms with Crippen molar-refractivity contribution in [2.75, 3.05) is 13.1 Å². The number of pyridine rings is 1. The lowest BCUT2D eigenvalue weighted by atomic mass is 9.77. The Bertz CT molecular complexity index is 400. The van der Waals surface area contributed by atoms with E-state index in [-0.39, 0.29) is 5.41 Å². The molecule has 0 atom stereocenters. The highest BCUT2D eigenvalue weighted by molar-refractivity contribution is 5.30. The first-order chi connectivity index (χ1) is 7.80. The summed E-state index contributed by atoms with van der Waals surface area (Å²) in [5.74, 6) is 0. The van der Waals surface area contributed by atoms with Crippen molar-refractivity contribution < 1.29 is 0 Å². The van der Waals surface area contributed by atoms with E-state index in [1.54, 1.807) is 0 Å². The summed E-state index contributed by atoms with van der Waals surface area (Å²) in [6.45, 7) is 3.94. The summed E-state index contributed by atoms with van der Waals surface area (Å²) >= 11 is 0. The topological polar surface area (TPSA) is 48.7 Å². The van der Waals surface area contributed by atoms with E-state index in [1.807, 2.05) is 12.3 Å². The summed E-state index contributed by atoms with van der Waals surface area (Å²) in [4.78, 5) is 4.40. The van der Waals surface area contributed by atoms with Gasteiger partial charge in [0.05, 0.1) is 11.8 Å². The Balaban J connectivity index is 2.36. The first-order valence-corrected chi connectivity index (χ1v) is 5.88. The maximum absolute atomic E-state index is 9.44. The van der Waals surface area contributed by atoms with E-state index in [9.17, 15) is 5.26 Å². The average molecular weight is 215 g/mol. The van der Waals surface area contributed by atoms with Crippen LogP contribution in [0.5, 0.6) is 0 Å². The van der Waals surface area contributed by atoms with Crippen molar-refractivity contribution in [2.45, 2.75) is 31.6 Å². The van der Waals surface area contributed by atoms with Crippen LogP contribution in [0.3, 0.4) is 0 Å². The molecule has 1 aromatic heterocycles. The minimum absolute atomic E-state index is 0.365. The van der Waals surface area contributed by atoms with Crippen molar-refractivity contribution in [2.24, 2.45) is 0 Å². The second-order valence-corrected chi connectivity index (χ2v) is 4.35. The van der Waals surface area contributed by atoms with E-state index < -0.39 is 0 Å². The maximum atomic E-state index is 9.44. The smallest absolute Gasteiger partial charge is 0.102 e. The number of nitriles is 1. The van der Waals surface area contributed by atoms with E-state index in [0.29, 0.717) is 0 Å². The lowest BCUT2D eigenvalue weighted by molar-refractivity contribution is 0.374. The van der Waals surface area contributed by atoms with Crippen LogP contribution in [-0.2, 0) is 11.8 Å². The molecule has 2 rings (SSSR count). The predicted octanol–water partition coefficient (Wildman–Crippen LogP) is 1.79. The molecule has 2 heterocycles. The van der Waals surface area contributed by atoms with Crippen molar-refractivity contribution in [3.63, 3.8) is 0 Å². The molecule has 0 aromatic carbocycles. The fraction of sp³-hybridized carbons (Fsp3) is 0.538. The molecule has 0 aliphatic carbocycles. The van der Waals surface area contributed by atoms with Gasteiger partial charge in [0.1, 0.15) is 5.41 Å². The average Bonchev–Trinajstić information content (AvgIpc) is 2.39. The van der Waals surface area contributed by atoms with Crippen molar-refractivity contribution in [3.8, 4) is 6.07 Å². The van der Waals surface area contributed by atoms with Crippen LogP contribution in [-0.4, -0.2) is 18.1 Å². The molecule has 1 fully saturated rings. The third-order valence-electron chi connectivity index (χ3n) is 3.39. The summed E-state index contributed by atoms with van der Waals surface area (Å²) in [7, 11) is 0. The Labute approximate surface area is 96.5 Å². The largest absolute Gasteiger partial charge is 0.317 e. The molecule has 16 heavy (non-hydrogen) atoms. The number of aromatic nitrogens is 1. The van der Waals surface area contributed by atoms with Gasteiger partial charge in [-0.2, -0.15) is 5.26 Å². The van der Waals surface area contributed by atoms with Gasteiger partial charge < -0.3 is 5.32 Å². The van der Waals surface area contributed by atoms with Gasteiger partial charge in [0.25, 0.3) is 0 Å². The molecule has 1 N–H and O–H groups in total. The van der Waals surface area contributed by atoms with Crippen molar-refractivity contribution in [1.82, 2.24) is 10.3 Å². The highest BCUT2D eigenvalue weighted by atomic mass is 14.9. The molecule has 1 aromatic rings. The van der Waals surface area contributed by atoms with E-state index in [2.05, 4.69) is 29.4 Å². The summed E-state index contributed by atoms with van der Waals surface area (Å²) in [6.07, 6.45) is 4.55. The zero-order chi connectivity index (χ0) is 11.4. The zero-order valence-electron chi connectivity index (χ0n) is 9.66. The second kappa shape index (κ2) is 4.63. The minimum Gasteiger partial charge on any atom is -0.317 e. The van der Waals surface area contributed by atoms with Gasteiger partial charge in [0, 0.05) is 6.20 Å². The second-order valence-electron chi connectivity index (χ2n) is 4.35. The van der Waals surface area contributed by atoms with Gasteiger partial charge >= 0.3 is 0 Å². The van der Waals surface area contributed by atoms with E-state index in [1.165, 1.54) is 5.56 Å². The fourth-order valence-electron chi connectivity index (χ4n) is 2.23. The molecule has 0 spiro atoms. The van der Waals surface area contributed by atoms with Gasteiger partial charge in [-0.25, -0.2) is 0 Å². The highest BCUT2D eigenvalue weighted by Crippen LogP contribution is 2.31. The van der Waals surface area contributed by atoms with Crippen LogP contribution in [0.25, 0.3) is 0 Å². The lowest BCUT2D eigenvalue weighted by Gasteiger charge is -2.30. The number of nitrogens with one attached hydrogen (secondary N) is 1. The van der Waals surface area contributed by atoms with E-state index in [0.717, 1.165) is 38.0 Å². The lowest BCUT2D eigenvalue weighted by Crippen LogP contribution is -2.39. The molecule has 84 valence electrons. The Kier molecular flexibility index (Phi) is 3.21. The normalized spacial score (nSPS) is 19.0. The van der Waals surface area contributed by atoms with Crippen LogP contribution in [0, 0.1) is 11.3 Å². The zero-order valence-corrected chi connectivity index (χ0v) is 9.66. The Hall–Kier alpha value is -1.40. The van der Waals surface area contributed by atoms with Crippen LogP contribution in [0.2, 0.25) is 0 Å². The highest BCUT2D eigenvalue weighted by Gasteiger charge is 2.35. The maximum Gasteiger partial charge on any atom is 0.102 e. The molecule has 1 aliphatic heterocycles. The fourth-order valence-corrected chi connectivity index (χ4v) is 2.23. The number of hydrogen-bond donors (Lipinski definition) is 1. The molecule has 1 aliphatic rings. The minimum atomic E-state index is -0.365. The molecule has 3 heteroatoms. The van der Waals surface area contributed by atoms with Crippen LogP contribution in [0.15, 0.2) is 18.3 Å². The first kappa shape index (κ1) is 11.1. The summed E-state index contributed by atoms with van der Waals surface area (Å²) < 4.78 is 0. The number of piperidine rings is 1. The number of aryl methyl sites for hydroxylation is 1. The number of rotatable bonds is 2. The molecule has 0 saturated carbocycles. The van der Waals surface area contributed by atoms with Gasteiger partial charge in [0.15, 0.2) is 0 Å². The van der Waals surface area contributed by atoms with Crippen molar-refractivity contribution in [1.29, 1.82) is 5.26 Å². The predicted molar refractivity (Wildman–Crippen MR) is 63.0 cm³/mol. The Morgan fingerprint density at radius 1 is 1.50 bits per heavy atom. The monoisotopic (exact) mass is 215 g/mol. The molecule has 0 radical (unpaired) electrons. The quantitative estimate of drug-likeness (QED) is 0.818. The van der Waals surface area contributed by atoms with Gasteiger partial charge in [-0.1, -0.05) is 6.92 Å². The van der Waals surface area contributed by atoms with Gasteiger partial charge in [-0.15, -0.1) is 0 Å². The van der Waals surface area contributed by atoms with Gasteiger partial charge in [0.2, 0.25) is 0 Å². The third kappa shape index (κ3) is 1.94. The molecule has 1 saturated heterocycles. The molecular formula is C13H17N3.